The average molecular weight is 602 g/mol. The fourth-order valence-corrected chi connectivity index (χ4v) is 8.00. The van der Waals surface area contributed by atoms with E-state index >= 15 is 0 Å². The fraction of sp³-hybridized carbons (Fsp3) is 0.562. The Labute approximate surface area is 251 Å². The second kappa shape index (κ2) is 10.6. The molecule has 42 heavy (non-hydrogen) atoms. The molecule has 0 radical (unpaired) electrons. The van der Waals surface area contributed by atoms with Crippen LogP contribution in [0.1, 0.15) is 103 Å². The van der Waals surface area contributed by atoms with Gasteiger partial charge in [0.25, 0.3) is 0 Å². The third-order valence-electron chi connectivity index (χ3n) is 7.07. The quantitative estimate of drug-likeness (QED) is 0.355. The van der Waals surface area contributed by atoms with Crippen LogP contribution < -0.4 is 14.1 Å². The molecule has 0 unspecified atom stereocenters. The zero-order chi connectivity index (χ0) is 31.4. The molecule has 4 rings (SSSR count). The van der Waals surface area contributed by atoms with Crippen molar-refractivity contribution in [1.29, 1.82) is 0 Å². The summed E-state index contributed by atoms with van der Waals surface area (Å²) < 4.78 is 33.6. The topological polar surface area (TPSA) is 90.9 Å². The van der Waals surface area contributed by atoms with E-state index in [0.29, 0.717) is 17.9 Å². The van der Waals surface area contributed by atoms with Gasteiger partial charge in [0, 0.05) is 0 Å². The third kappa shape index (κ3) is 5.78. The van der Waals surface area contributed by atoms with Crippen molar-refractivity contribution >= 4 is 19.8 Å². The predicted molar refractivity (Wildman–Crippen MR) is 168 cm³/mol. The number of fused-ring (bicyclic) bond motifs is 2. The van der Waals surface area contributed by atoms with Gasteiger partial charge < -0.3 is 0 Å². The molecule has 1 spiro atoms. The van der Waals surface area contributed by atoms with Gasteiger partial charge in [-0.15, -0.1) is 0 Å². The predicted octanol–water partition coefficient (Wildman–Crippen LogP) is 8.18. The van der Waals surface area contributed by atoms with E-state index in [1.165, 1.54) is 0 Å². The van der Waals surface area contributed by atoms with Gasteiger partial charge in [0.15, 0.2) is 0 Å². The van der Waals surface area contributed by atoms with Crippen LogP contribution in [0.3, 0.4) is 0 Å². The van der Waals surface area contributed by atoms with Crippen molar-refractivity contribution in [2.75, 3.05) is 7.05 Å². The Morgan fingerprint density at radius 1 is 0.857 bits per heavy atom. The van der Waals surface area contributed by atoms with Gasteiger partial charge in [0.1, 0.15) is 0 Å². The summed E-state index contributed by atoms with van der Waals surface area (Å²) in [4.78, 5) is 13.9. The third-order valence-corrected chi connectivity index (χ3v) is 10.2. The van der Waals surface area contributed by atoms with Crippen molar-refractivity contribution in [1.82, 2.24) is 9.87 Å². The summed E-state index contributed by atoms with van der Waals surface area (Å²) in [7, 11) is -3.37. The molecule has 9 nitrogen and oxygen atoms in total. The van der Waals surface area contributed by atoms with Crippen LogP contribution >= 0.6 is 7.59 Å². The molecule has 0 saturated carbocycles. The number of ether oxygens (including phenoxy) is 2. The first kappa shape index (κ1) is 31.9. The van der Waals surface area contributed by atoms with Crippen molar-refractivity contribution < 1.29 is 27.8 Å². The molecule has 1 amide bonds. The molecule has 10 heteroatoms. The Morgan fingerprint density at radius 3 is 1.71 bits per heavy atom. The summed E-state index contributed by atoms with van der Waals surface area (Å²) in [6.45, 7) is 24.2. The molecular formula is C32H48N3O6P. The van der Waals surface area contributed by atoms with Gasteiger partial charge in [-0.3, -0.25) is 0 Å². The maximum absolute atomic E-state index is 13.9. The molecule has 1 N–H and O–H groups in total. The van der Waals surface area contributed by atoms with E-state index in [-0.39, 0.29) is 23.0 Å². The van der Waals surface area contributed by atoms with Gasteiger partial charge in [0.2, 0.25) is 0 Å². The average Bonchev–Trinajstić information content (AvgIpc) is 3.14. The van der Waals surface area contributed by atoms with Gasteiger partial charge in [-0.25, -0.2) is 0 Å². The number of nitrogens with one attached hydrogen (secondary N) is 1. The number of aryl methyl sites for hydroxylation is 2. The molecule has 2 aromatic carbocycles. The van der Waals surface area contributed by atoms with E-state index in [1.54, 1.807) is 20.9 Å². The first-order valence-corrected chi connectivity index (χ1v) is 16.6. The molecule has 2 heterocycles. The summed E-state index contributed by atoms with van der Waals surface area (Å²) in [5, 5.41) is 7.75. The fourth-order valence-electron chi connectivity index (χ4n) is 5.21. The molecule has 0 bridgehead atoms. The van der Waals surface area contributed by atoms with Crippen LogP contribution in [-0.4, -0.2) is 36.2 Å². The summed E-state index contributed by atoms with van der Waals surface area (Å²) in [5.41, 5.74) is 5.38. The van der Waals surface area contributed by atoms with Crippen LogP contribution in [0.2, 0.25) is 0 Å². The van der Waals surface area contributed by atoms with E-state index in [4.69, 9.17) is 23.0 Å². The Hall–Kier alpha value is -3.03. The molecule has 0 aromatic heterocycles. The molecule has 232 valence electrons. The first-order chi connectivity index (χ1) is 19.3. The van der Waals surface area contributed by atoms with Crippen LogP contribution in [0.4, 0.5) is 4.79 Å². The van der Waals surface area contributed by atoms with Gasteiger partial charge in [-0.05, 0) is 0 Å². The molecule has 0 aliphatic carbocycles. The molecule has 2 aliphatic rings. The minimum absolute atomic E-state index is 0.143. The SMILES string of the molecule is CNP12(OC(OC(C)C)=NN1C(=O)OC(C)C)Oc1c(cc(C)cc1C(C)(C)C)Cc1cc(C)cc(C(C)(C)C)c1O2. The number of hydrogen-bond donors (Lipinski definition) is 1. The Morgan fingerprint density at radius 2 is 1.33 bits per heavy atom. The molecule has 0 atom stereocenters. The van der Waals surface area contributed by atoms with E-state index in [9.17, 15) is 4.79 Å². The van der Waals surface area contributed by atoms with Crippen molar-refractivity contribution in [2.45, 2.75) is 113 Å². The number of rotatable bonds is 3. The monoisotopic (exact) mass is 601 g/mol. The minimum atomic E-state index is -5.02. The van der Waals surface area contributed by atoms with Crippen molar-refractivity contribution in [2.24, 2.45) is 5.10 Å². The number of carbonyl (C=O) groups is 1. The summed E-state index contributed by atoms with van der Waals surface area (Å²) in [5.74, 6) is 1.15. The number of carbonyl (C=O) groups excluding carboxylic acids is 1. The Kier molecular flexibility index (Phi) is 8.05. The Balaban J connectivity index is 2.16. The standard InChI is InChI=1S/C32H48N3O6P/c1-19(2)37-29-34-35(30(36)38-20(3)4)42(33-13,41-29)39-27-23(14-21(5)16-25(27)31(7,8)9)18-24-15-22(6)17-26(28(24)40-42)32(10,11)12/h14-17,19-20,33H,18H2,1-13H3. The first-order valence-electron chi connectivity index (χ1n) is 14.6. The molecule has 0 saturated heterocycles. The van der Waals surface area contributed by atoms with Gasteiger partial charge >= 0.3 is 251 Å². The molecule has 0 fully saturated rings. The van der Waals surface area contributed by atoms with Crippen molar-refractivity contribution in [3.8, 4) is 11.5 Å². The zero-order valence-electron chi connectivity index (χ0n) is 27.5. The Bertz CT molecular complexity index is 1350. The second-order valence-corrected chi connectivity index (χ2v) is 16.9. The number of hydrogen-bond acceptors (Lipinski definition) is 8. The van der Waals surface area contributed by atoms with Gasteiger partial charge in [-0.2, -0.15) is 0 Å². The summed E-state index contributed by atoms with van der Waals surface area (Å²) in [6, 6.07) is 8.48. The van der Waals surface area contributed by atoms with Crippen LogP contribution in [0.5, 0.6) is 11.5 Å². The van der Waals surface area contributed by atoms with Crippen molar-refractivity contribution in [3.05, 3.63) is 57.6 Å². The normalized spacial score (nSPS) is 18.4. The number of amides is 1. The number of hydrazone groups is 1. The second-order valence-electron chi connectivity index (χ2n) is 13.9. The van der Waals surface area contributed by atoms with E-state index < -0.39 is 19.8 Å². The van der Waals surface area contributed by atoms with E-state index in [1.807, 2.05) is 13.8 Å². The van der Waals surface area contributed by atoms with Crippen LogP contribution in [-0.2, 0) is 31.2 Å². The van der Waals surface area contributed by atoms with Crippen LogP contribution in [0, 0.1) is 13.8 Å². The number of nitrogens with zero attached hydrogens (tertiary/aromatic N) is 2. The zero-order valence-corrected chi connectivity index (χ0v) is 28.4. The summed E-state index contributed by atoms with van der Waals surface area (Å²) in [6.07, 6.45) is -1.09. The maximum atomic E-state index is 13.9. The van der Waals surface area contributed by atoms with E-state index in [0.717, 1.165) is 38.2 Å². The molecule has 2 aromatic rings. The van der Waals surface area contributed by atoms with E-state index in [2.05, 4.69) is 89.8 Å². The van der Waals surface area contributed by atoms with Crippen molar-refractivity contribution in [3.63, 3.8) is 0 Å². The van der Waals surface area contributed by atoms with Crippen LogP contribution in [0.25, 0.3) is 0 Å². The van der Waals surface area contributed by atoms with Gasteiger partial charge in [-0.1, -0.05) is 0 Å². The molecular weight excluding hydrogens is 553 g/mol. The number of benzene rings is 2. The van der Waals surface area contributed by atoms with Crippen LogP contribution in [0.15, 0.2) is 29.4 Å². The molecule has 2 aliphatic heterocycles. The summed E-state index contributed by atoms with van der Waals surface area (Å²) >= 11 is 0. The van der Waals surface area contributed by atoms with Gasteiger partial charge in [0.05, 0.1) is 0 Å².